The van der Waals surface area contributed by atoms with Crippen LogP contribution in [0.3, 0.4) is 0 Å². The van der Waals surface area contributed by atoms with Crippen LogP contribution in [0.25, 0.3) is 0 Å². The predicted octanol–water partition coefficient (Wildman–Crippen LogP) is -0.644. The summed E-state index contributed by atoms with van der Waals surface area (Å²) in [5.41, 5.74) is 2.41. The summed E-state index contributed by atoms with van der Waals surface area (Å²) in [7, 11) is 0. The molecular formula is C15H17N9O2. The fourth-order valence-electron chi connectivity index (χ4n) is 2.92. The number of nitrogens with one attached hydrogen (secondary N) is 1. The quantitative estimate of drug-likeness (QED) is 0.661. The Morgan fingerprint density at radius 2 is 2.15 bits per heavy atom. The molecule has 0 spiro atoms. The average molecular weight is 355 g/mol. The van der Waals surface area contributed by atoms with E-state index in [1.807, 2.05) is 11.6 Å². The molecule has 4 rings (SSSR count). The molecule has 1 amide bonds. The zero-order chi connectivity index (χ0) is 18.1. The lowest BCUT2D eigenvalue weighted by Gasteiger charge is -2.19. The first-order valence-electron chi connectivity index (χ1n) is 8.23. The second-order valence-corrected chi connectivity index (χ2v) is 6.13. The van der Waals surface area contributed by atoms with Gasteiger partial charge in [-0.15, -0.1) is 10.2 Å². The number of carbonyl (C=O) groups is 1. The molecule has 1 aliphatic heterocycles. The van der Waals surface area contributed by atoms with Crippen LogP contribution in [0.5, 0.6) is 0 Å². The van der Waals surface area contributed by atoms with E-state index in [0.717, 1.165) is 23.5 Å². The lowest BCUT2D eigenvalue weighted by molar-refractivity contribution is 0.0738. The lowest BCUT2D eigenvalue weighted by Crippen LogP contribution is -2.32. The van der Waals surface area contributed by atoms with Crippen molar-refractivity contribution in [2.75, 3.05) is 6.54 Å². The van der Waals surface area contributed by atoms with Crippen LogP contribution in [-0.4, -0.2) is 57.5 Å². The minimum atomic E-state index is -0.342. The molecule has 0 saturated carbocycles. The highest BCUT2D eigenvalue weighted by atomic mass is 16.2. The molecule has 0 atom stereocenters. The molecular weight excluding hydrogens is 338 g/mol. The smallest absolute Gasteiger partial charge is 0.274 e. The van der Waals surface area contributed by atoms with Gasteiger partial charge in [0.15, 0.2) is 0 Å². The van der Waals surface area contributed by atoms with Crippen LogP contribution >= 0.6 is 0 Å². The zero-order valence-electron chi connectivity index (χ0n) is 14.2. The zero-order valence-corrected chi connectivity index (χ0v) is 14.2. The number of aromatic nitrogens is 8. The van der Waals surface area contributed by atoms with Crippen molar-refractivity contribution in [3.8, 4) is 0 Å². The van der Waals surface area contributed by atoms with Crippen LogP contribution in [-0.2, 0) is 19.6 Å². The maximum Gasteiger partial charge on any atom is 0.274 e. The summed E-state index contributed by atoms with van der Waals surface area (Å²) in [6.07, 6.45) is 2.44. The Morgan fingerprint density at radius 3 is 2.88 bits per heavy atom. The van der Waals surface area contributed by atoms with Crippen molar-refractivity contribution < 1.29 is 4.79 Å². The van der Waals surface area contributed by atoms with Crippen molar-refractivity contribution in [1.29, 1.82) is 0 Å². The predicted molar refractivity (Wildman–Crippen MR) is 88.1 cm³/mol. The molecule has 0 radical (unpaired) electrons. The first kappa shape index (κ1) is 16.1. The molecule has 0 saturated heterocycles. The molecule has 0 aliphatic carbocycles. The Hall–Kier alpha value is -3.37. The lowest BCUT2D eigenvalue weighted by atomic mass is 10.2. The summed E-state index contributed by atoms with van der Waals surface area (Å²) < 4.78 is 3.57. The van der Waals surface area contributed by atoms with Gasteiger partial charge in [-0.1, -0.05) is 10.4 Å². The number of hydrogen-bond acceptors (Lipinski definition) is 7. The van der Waals surface area contributed by atoms with E-state index in [4.69, 9.17) is 0 Å². The van der Waals surface area contributed by atoms with Gasteiger partial charge >= 0.3 is 0 Å². The SMILES string of the molecule is Cc1cnnn1Cc1nnn2c1CN(C(=O)c1ccc(=O)[nH]n1)CCC2. The molecule has 3 aromatic heterocycles. The number of fused-ring (bicyclic) bond motifs is 1. The molecule has 134 valence electrons. The maximum atomic E-state index is 12.7. The molecule has 11 nitrogen and oxygen atoms in total. The third-order valence-electron chi connectivity index (χ3n) is 4.35. The van der Waals surface area contributed by atoms with Gasteiger partial charge in [-0.3, -0.25) is 9.59 Å². The van der Waals surface area contributed by atoms with Gasteiger partial charge in [-0.2, -0.15) is 5.10 Å². The minimum absolute atomic E-state index is 0.208. The molecule has 0 aromatic carbocycles. The van der Waals surface area contributed by atoms with Gasteiger partial charge in [0.2, 0.25) is 0 Å². The van der Waals surface area contributed by atoms with Gasteiger partial charge in [0.25, 0.3) is 11.5 Å². The number of amides is 1. The number of H-pyrrole nitrogens is 1. The van der Waals surface area contributed by atoms with E-state index < -0.39 is 0 Å². The van der Waals surface area contributed by atoms with Crippen molar-refractivity contribution in [3.05, 3.63) is 51.5 Å². The third kappa shape index (κ3) is 2.98. The maximum absolute atomic E-state index is 12.7. The number of hydrogen-bond donors (Lipinski definition) is 1. The normalized spacial score (nSPS) is 14.1. The van der Waals surface area contributed by atoms with Crippen molar-refractivity contribution in [2.24, 2.45) is 0 Å². The molecule has 3 aromatic rings. The summed E-state index contributed by atoms with van der Waals surface area (Å²) >= 11 is 0. The van der Waals surface area contributed by atoms with Gasteiger partial charge in [0.05, 0.1) is 30.7 Å². The average Bonchev–Trinajstić information content (AvgIpc) is 3.14. The van der Waals surface area contributed by atoms with Gasteiger partial charge < -0.3 is 4.90 Å². The van der Waals surface area contributed by atoms with Crippen molar-refractivity contribution in [3.63, 3.8) is 0 Å². The minimum Gasteiger partial charge on any atom is -0.331 e. The van der Waals surface area contributed by atoms with Gasteiger partial charge in [-0.25, -0.2) is 14.5 Å². The molecule has 11 heteroatoms. The fraction of sp³-hybridized carbons (Fsp3) is 0.400. The van der Waals surface area contributed by atoms with E-state index in [9.17, 15) is 9.59 Å². The molecule has 1 N–H and O–H groups in total. The summed E-state index contributed by atoms with van der Waals surface area (Å²) in [4.78, 5) is 25.6. The highest BCUT2D eigenvalue weighted by molar-refractivity contribution is 5.92. The number of carbonyl (C=O) groups excluding carboxylic acids is 1. The second kappa shape index (κ2) is 6.50. The largest absolute Gasteiger partial charge is 0.331 e. The molecule has 0 fully saturated rings. The summed E-state index contributed by atoms with van der Waals surface area (Å²) in [6.45, 7) is 3.99. The molecule has 0 bridgehead atoms. The van der Waals surface area contributed by atoms with E-state index in [1.165, 1.54) is 12.1 Å². The number of aryl methyl sites for hydroxylation is 2. The monoisotopic (exact) mass is 355 g/mol. The standard InChI is InChI=1S/C15H17N9O2/c1-10-7-16-20-24(10)8-12-13-9-22(5-2-6-23(13)21-18-12)15(26)11-3-4-14(25)19-17-11/h3-4,7H,2,5-6,8-9H2,1H3,(H,19,25). The number of aromatic amines is 1. The first-order valence-corrected chi connectivity index (χ1v) is 8.23. The Labute approximate surface area is 147 Å². The van der Waals surface area contributed by atoms with Crippen LogP contribution in [0.2, 0.25) is 0 Å². The van der Waals surface area contributed by atoms with Crippen molar-refractivity contribution >= 4 is 5.91 Å². The fourth-order valence-corrected chi connectivity index (χ4v) is 2.92. The molecule has 4 heterocycles. The molecule has 0 unspecified atom stereocenters. The molecule has 1 aliphatic rings. The van der Waals surface area contributed by atoms with Gasteiger partial charge in [-0.05, 0) is 19.4 Å². The molecule has 26 heavy (non-hydrogen) atoms. The summed E-state index contributed by atoms with van der Waals surface area (Å²) in [5.74, 6) is -0.237. The Bertz CT molecular complexity index is 982. The number of nitrogens with zero attached hydrogens (tertiary/aromatic N) is 8. The third-order valence-corrected chi connectivity index (χ3v) is 4.35. The Kier molecular flexibility index (Phi) is 4.03. The van der Waals surface area contributed by atoms with Gasteiger partial charge in [0.1, 0.15) is 11.4 Å². The van der Waals surface area contributed by atoms with E-state index in [2.05, 4.69) is 30.8 Å². The van der Waals surface area contributed by atoms with Crippen LogP contribution in [0, 0.1) is 6.92 Å². The first-order chi connectivity index (χ1) is 12.6. The van der Waals surface area contributed by atoms with E-state index in [0.29, 0.717) is 26.2 Å². The van der Waals surface area contributed by atoms with Gasteiger partial charge in [0, 0.05) is 19.2 Å². The highest BCUT2D eigenvalue weighted by Gasteiger charge is 2.25. The van der Waals surface area contributed by atoms with Crippen LogP contribution in [0.15, 0.2) is 23.1 Å². The van der Waals surface area contributed by atoms with Crippen LogP contribution in [0.4, 0.5) is 0 Å². The van der Waals surface area contributed by atoms with E-state index in [1.54, 1.807) is 15.8 Å². The summed E-state index contributed by atoms with van der Waals surface area (Å²) in [6, 6.07) is 2.73. The van der Waals surface area contributed by atoms with Crippen molar-refractivity contribution in [2.45, 2.75) is 33.0 Å². The number of rotatable bonds is 3. The topological polar surface area (TPSA) is 127 Å². The summed E-state index contributed by atoms with van der Waals surface area (Å²) in [5, 5.41) is 22.5. The van der Waals surface area contributed by atoms with Crippen LogP contribution < -0.4 is 5.56 Å². The second-order valence-electron chi connectivity index (χ2n) is 6.13. The van der Waals surface area contributed by atoms with Crippen LogP contribution in [0.1, 0.15) is 34.0 Å². The van der Waals surface area contributed by atoms with Crippen molar-refractivity contribution in [1.82, 2.24) is 45.1 Å². The Balaban J connectivity index is 1.60. The van der Waals surface area contributed by atoms with E-state index in [-0.39, 0.29) is 17.2 Å². The van der Waals surface area contributed by atoms with E-state index >= 15 is 0 Å². The highest BCUT2D eigenvalue weighted by Crippen LogP contribution is 2.17. The Morgan fingerprint density at radius 1 is 1.27 bits per heavy atom.